The fraction of sp³-hybridized carbons (Fsp3) is 0.0408. The second-order valence-corrected chi connectivity index (χ2v) is 19.8. The Labute approximate surface area is 388 Å². The van der Waals surface area contributed by atoms with Crippen molar-refractivity contribution in [3.8, 4) is 11.3 Å². The summed E-state index contributed by atoms with van der Waals surface area (Å²) in [4.78, 5) is 8.32. The molecule has 0 saturated carbocycles. The van der Waals surface area contributed by atoms with Gasteiger partial charge < -0.3 is 28.0 Å². The molecule has 4 nitrogen and oxygen atoms in total. The minimum absolute atomic E-state index is 0. The number of benzene rings is 6. The normalized spacial score (nSPS) is 10.3. The molecule has 59 heavy (non-hydrogen) atoms. The minimum Gasteiger partial charge on any atom is -1.00 e. The summed E-state index contributed by atoms with van der Waals surface area (Å²) in [6.07, 6.45) is 5.51. The number of hydrogen-bond acceptors (Lipinski definition) is 4. The molecule has 0 N–H and O–H groups in total. The van der Waals surface area contributed by atoms with Crippen molar-refractivity contribution in [3.63, 3.8) is 0 Å². The van der Waals surface area contributed by atoms with E-state index in [1.54, 1.807) is 12.4 Å². The molecule has 6 aromatic carbocycles. The predicted molar refractivity (Wildman–Crippen MR) is 256 cm³/mol. The van der Waals surface area contributed by atoms with Crippen molar-refractivity contribution in [2.45, 2.75) is 13.8 Å². The molecule has 0 saturated heterocycles. The molecule has 10 heteroatoms. The third kappa shape index (κ3) is 13.5. The van der Waals surface area contributed by atoms with Gasteiger partial charge in [0.05, 0.1) is 5.69 Å². The van der Waals surface area contributed by atoms with Crippen molar-refractivity contribution in [2.24, 2.45) is 0 Å². The fourth-order valence-electron chi connectivity index (χ4n) is 5.85. The average Bonchev–Trinajstić information content (AvgIpc) is 3.28. The number of aromatic nitrogens is 2. The van der Waals surface area contributed by atoms with E-state index in [1.807, 2.05) is 227 Å². The zero-order valence-electron chi connectivity index (χ0n) is 32.8. The van der Waals surface area contributed by atoms with Crippen LogP contribution in [0.5, 0.6) is 0 Å². The summed E-state index contributed by atoms with van der Waals surface area (Å²) < 4.78 is 30.2. The van der Waals surface area contributed by atoms with Gasteiger partial charge in [-0.2, -0.15) is 13.8 Å². The van der Waals surface area contributed by atoms with Gasteiger partial charge in [0.2, 0.25) is 0 Å². The van der Waals surface area contributed by atoms with E-state index < -0.39 is 14.3 Å². The van der Waals surface area contributed by atoms with Gasteiger partial charge in [-0.05, 0) is 58.4 Å². The van der Waals surface area contributed by atoms with Crippen LogP contribution in [0, 0.1) is 6.42 Å². The maximum absolute atomic E-state index is 14.4. The molecule has 0 aliphatic carbocycles. The van der Waals surface area contributed by atoms with E-state index in [9.17, 15) is 9.13 Å². The molecule has 0 aliphatic rings. The Morgan fingerprint density at radius 2 is 0.780 bits per heavy atom. The van der Waals surface area contributed by atoms with Crippen LogP contribution < -0.4 is 44.2 Å². The SMILES string of the molecule is Brc1ccccn1.C[CH-]C.O=P(c1ccccc1)(c1ccccc1)c1cccc(-c2ccccn2)c1.O=P(c1ccccc1)(c1ccccc1)c1cccc(Br)c1.[Cl-].[Mg+2]. The van der Waals surface area contributed by atoms with E-state index in [4.69, 9.17) is 0 Å². The van der Waals surface area contributed by atoms with Crippen LogP contribution in [0.25, 0.3) is 11.3 Å². The molecule has 8 rings (SSSR count). The van der Waals surface area contributed by atoms with Crippen molar-refractivity contribution in [3.05, 3.63) is 234 Å². The summed E-state index contributed by atoms with van der Waals surface area (Å²) in [6, 6.07) is 66.0. The third-order valence-electron chi connectivity index (χ3n) is 8.45. The molecule has 8 aromatic rings. The largest absolute Gasteiger partial charge is 2.00 e. The van der Waals surface area contributed by atoms with Gasteiger partial charge in [0.1, 0.15) is 4.60 Å². The Morgan fingerprint density at radius 1 is 0.424 bits per heavy atom. The quantitative estimate of drug-likeness (QED) is 0.0701. The molecule has 0 fully saturated rings. The van der Waals surface area contributed by atoms with Gasteiger partial charge >= 0.3 is 23.1 Å². The van der Waals surface area contributed by atoms with Crippen LogP contribution in [0.15, 0.2) is 228 Å². The van der Waals surface area contributed by atoms with Crippen LogP contribution >= 0.6 is 46.1 Å². The Balaban J connectivity index is 0.000000252. The number of hydrogen-bond donors (Lipinski definition) is 0. The van der Waals surface area contributed by atoms with Crippen LogP contribution in [-0.2, 0) is 9.13 Å². The van der Waals surface area contributed by atoms with Crippen LogP contribution in [0.1, 0.15) is 13.8 Å². The molecular weight excluding hydrogens is 930 g/mol. The topological polar surface area (TPSA) is 59.9 Å². The molecular formula is C49H43Br2ClMgN2O2P2. The summed E-state index contributed by atoms with van der Waals surface area (Å²) in [5.41, 5.74) is 1.84. The Hall–Kier alpha value is -3.90. The molecule has 294 valence electrons. The summed E-state index contributed by atoms with van der Waals surface area (Å²) in [5, 5.41) is 5.05. The van der Waals surface area contributed by atoms with Gasteiger partial charge in [0, 0.05) is 54.3 Å². The van der Waals surface area contributed by atoms with Crippen molar-refractivity contribution >= 4 is 101 Å². The molecule has 0 atom stereocenters. The van der Waals surface area contributed by atoms with Gasteiger partial charge in [-0.3, -0.25) is 4.98 Å². The van der Waals surface area contributed by atoms with Gasteiger partial charge in [-0.15, -0.1) is 0 Å². The smallest absolute Gasteiger partial charge is 1.00 e. The van der Waals surface area contributed by atoms with Crippen molar-refractivity contribution in [1.29, 1.82) is 0 Å². The zero-order valence-corrected chi connectivity index (χ0v) is 39.9. The first kappa shape index (κ1) is 49.5. The van der Waals surface area contributed by atoms with Crippen LogP contribution in [0.2, 0.25) is 0 Å². The summed E-state index contributed by atoms with van der Waals surface area (Å²) in [6.45, 7) is 4.00. The molecule has 0 amide bonds. The minimum atomic E-state index is -2.95. The van der Waals surface area contributed by atoms with E-state index >= 15 is 0 Å². The van der Waals surface area contributed by atoms with Crippen molar-refractivity contribution in [2.75, 3.05) is 0 Å². The van der Waals surface area contributed by atoms with Gasteiger partial charge in [0.15, 0.2) is 14.3 Å². The molecule has 0 spiro atoms. The first-order valence-electron chi connectivity index (χ1n) is 18.3. The standard InChI is InChI=1S/C23H18NOP.C18H14BrOP.C5H4BrN.C3H7.ClH.Mg/c25-26(20-11-3-1-4-12-20,21-13-5-2-6-14-21)22-15-9-10-19(18-22)23-16-7-8-17-24-23;19-15-8-7-13-18(14-15)21(20,16-9-3-1-4-10-16)17-11-5-2-6-12-17;6-5-3-1-2-4-7-5;1-3-2;;/h1-18H;1-14H;1-4H;3H,1-2H3;1H;/q;;;-1;;+2/p-1. The monoisotopic (exact) mass is 970 g/mol. The van der Waals surface area contributed by atoms with Gasteiger partial charge in [-0.25, -0.2) is 4.98 Å². The van der Waals surface area contributed by atoms with Crippen LogP contribution in [-0.4, -0.2) is 33.0 Å². The maximum Gasteiger partial charge on any atom is 2.00 e. The van der Waals surface area contributed by atoms with Gasteiger partial charge in [-0.1, -0.05) is 180 Å². The molecule has 0 radical (unpaired) electrons. The van der Waals surface area contributed by atoms with Crippen LogP contribution in [0.3, 0.4) is 0 Å². The zero-order chi connectivity index (χ0) is 40.4. The molecule has 0 bridgehead atoms. The molecule has 0 unspecified atom stereocenters. The summed E-state index contributed by atoms with van der Waals surface area (Å²) >= 11 is 6.68. The number of rotatable bonds is 7. The second-order valence-electron chi connectivity index (χ2n) is 12.5. The fourth-order valence-corrected chi connectivity index (χ4v) is 12.1. The number of halogens is 3. The molecule has 2 heterocycles. The second kappa shape index (κ2) is 25.7. The third-order valence-corrected chi connectivity index (χ3v) is 15.5. The van der Waals surface area contributed by atoms with E-state index in [0.717, 1.165) is 52.2 Å². The van der Waals surface area contributed by atoms with E-state index in [0.29, 0.717) is 0 Å². The van der Waals surface area contributed by atoms with E-state index in [2.05, 4.69) is 41.8 Å². The molecule has 2 aromatic heterocycles. The Morgan fingerprint density at radius 3 is 1.12 bits per heavy atom. The summed E-state index contributed by atoms with van der Waals surface area (Å²) in [7, 11) is -5.78. The molecule has 0 aliphatic heterocycles. The van der Waals surface area contributed by atoms with E-state index in [1.165, 1.54) is 0 Å². The van der Waals surface area contributed by atoms with Crippen LogP contribution in [0.4, 0.5) is 0 Å². The Bertz CT molecular complexity index is 2400. The van der Waals surface area contributed by atoms with E-state index in [-0.39, 0.29) is 35.5 Å². The van der Waals surface area contributed by atoms with Gasteiger partial charge in [0.25, 0.3) is 0 Å². The number of pyridine rings is 2. The first-order chi connectivity index (χ1) is 27.8. The predicted octanol–water partition coefficient (Wildman–Crippen LogP) is 8.17. The average molecular weight is 973 g/mol. The maximum atomic E-state index is 14.4. The summed E-state index contributed by atoms with van der Waals surface area (Å²) in [5.74, 6) is 0. The number of nitrogens with zero attached hydrogens (tertiary/aromatic N) is 2. The van der Waals surface area contributed by atoms with Crippen molar-refractivity contribution in [1.82, 2.24) is 9.97 Å². The van der Waals surface area contributed by atoms with Crippen molar-refractivity contribution < 1.29 is 21.5 Å². The Kier molecular flexibility index (Phi) is 21.5. The first-order valence-corrected chi connectivity index (χ1v) is 23.3.